The van der Waals surface area contributed by atoms with Crippen LogP contribution in [0.5, 0.6) is 0 Å². The van der Waals surface area contributed by atoms with Gasteiger partial charge in [-0.05, 0) is 45.1 Å². The Labute approximate surface area is 150 Å². The van der Waals surface area contributed by atoms with Crippen LogP contribution in [-0.2, 0) is 17.6 Å². The smallest absolute Gasteiger partial charge is 0.233 e. The van der Waals surface area contributed by atoms with Crippen LogP contribution in [0.2, 0.25) is 0 Å². The van der Waals surface area contributed by atoms with E-state index >= 15 is 0 Å². The second-order valence-corrected chi connectivity index (χ2v) is 8.53. The zero-order valence-electron chi connectivity index (χ0n) is 14.1. The Bertz CT molecular complexity index is 822. The lowest BCUT2D eigenvalue weighted by molar-refractivity contribution is -0.130. The van der Waals surface area contributed by atoms with Gasteiger partial charge in [0.15, 0.2) is 0 Å². The molecule has 126 valence electrons. The van der Waals surface area contributed by atoms with Crippen LogP contribution >= 0.6 is 23.1 Å². The van der Waals surface area contributed by atoms with E-state index in [9.17, 15) is 10.1 Å². The Morgan fingerprint density at radius 3 is 2.92 bits per heavy atom. The fraction of sp³-hybridized carbons (Fsp3) is 0.529. The molecule has 0 aliphatic heterocycles. The average Bonchev–Trinajstić information content (AvgIpc) is 2.98. The number of hydrogen-bond acceptors (Lipinski definition) is 6. The van der Waals surface area contributed by atoms with E-state index in [2.05, 4.69) is 16.0 Å². The number of fused-ring (bicyclic) bond motifs is 3. The van der Waals surface area contributed by atoms with E-state index in [1.807, 2.05) is 0 Å². The molecule has 0 N–H and O–H groups in total. The molecule has 0 aromatic carbocycles. The molecule has 2 aromatic rings. The molecular formula is C17H20N4OS2. The number of rotatable bonds is 4. The van der Waals surface area contributed by atoms with E-state index < -0.39 is 5.54 Å². The average molecular weight is 361 g/mol. The van der Waals surface area contributed by atoms with Crippen molar-refractivity contribution in [3.63, 3.8) is 0 Å². The molecule has 2 aromatic heterocycles. The van der Waals surface area contributed by atoms with Crippen LogP contribution in [0, 0.1) is 11.3 Å². The van der Waals surface area contributed by atoms with Crippen LogP contribution in [0.4, 0.5) is 0 Å². The van der Waals surface area contributed by atoms with Crippen LogP contribution in [0.1, 0.15) is 37.1 Å². The summed E-state index contributed by atoms with van der Waals surface area (Å²) in [5.41, 5.74) is 0.572. The maximum absolute atomic E-state index is 12.4. The molecule has 0 radical (unpaired) electrons. The van der Waals surface area contributed by atoms with Crippen LogP contribution < -0.4 is 0 Å². The predicted molar refractivity (Wildman–Crippen MR) is 97.2 cm³/mol. The lowest BCUT2D eigenvalue weighted by Crippen LogP contribution is -2.44. The second kappa shape index (κ2) is 6.69. The van der Waals surface area contributed by atoms with Gasteiger partial charge >= 0.3 is 0 Å². The van der Waals surface area contributed by atoms with Crippen LogP contribution in [0.3, 0.4) is 0 Å². The summed E-state index contributed by atoms with van der Waals surface area (Å²) in [7, 11) is 1.67. The monoisotopic (exact) mass is 360 g/mol. The molecule has 0 spiro atoms. The topological polar surface area (TPSA) is 69.9 Å². The number of hydrogen-bond donors (Lipinski definition) is 0. The number of carbonyl (C=O) groups is 1. The number of thioether (sulfide) groups is 1. The van der Waals surface area contributed by atoms with Crippen molar-refractivity contribution in [3.05, 3.63) is 16.8 Å². The lowest BCUT2D eigenvalue weighted by atomic mass is 9.97. The van der Waals surface area contributed by atoms with Crippen molar-refractivity contribution in [2.75, 3.05) is 12.8 Å². The third-order valence-corrected chi connectivity index (χ3v) is 6.71. The molecule has 1 aliphatic rings. The number of amides is 1. The first-order valence-corrected chi connectivity index (χ1v) is 9.80. The quantitative estimate of drug-likeness (QED) is 0.617. The third kappa shape index (κ3) is 3.13. The number of carbonyl (C=O) groups excluding carboxylic acids is 1. The summed E-state index contributed by atoms with van der Waals surface area (Å²) in [6.07, 6.45) is 6.22. The number of aryl methyl sites for hydroxylation is 2. The molecule has 1 amide bonds. The minimum atomic E-state index is -0.805. The number of thiophene rings is 1. The van der Waals surface area contributed by atoms with Crippen molar-refractivity contribution in [1.82, 2.24) is 14.9 Å². The van der Waals surface area contributed by atoms with E-state index in [1.54, 1.807) is 38.6 Å². The van der Waals surface area contributed by atoms with E-state index in [0.717, 1.165) is 28.1 Å². The molecule has 0 fully saturated rings. The first-order chi connectivity index (χ1) is 11.4. The van der Waals surface area contributed by atoms with Crippen molar-refractivity contribution in [2.45, 2.75) is 50.1 Å². The Kier molecular flexibility index (Phi) is 4.79. The summed E-state index contributed by atoms with van der Waals surface area (Å²) in [6.45, 7) is 3.49. The van der Waals surface area contributed by atoms with Gasteiger partial charge in [-0.15, -0.1) is 11.3 Å². The minimum absolute atomic E-state index is 0.0672. The summed E-state index contributed by atoms with van der Waals surface area (Å²) < 4.78 is 0. The van der Waals surface area contributed by atoms with E-state index in [4.69, 9.17) is 0 Å². The molecule has 0 unspecified atom stereocenters. The van der Waals surface area contributed by atoms with Gasteiger partial charge in [-0.2, -0.15) is 5.26 Å². The van der Waals surface area contributed by atoms with Crippen molar-refractivity contribution in [3.8, 4) is 6.07 Å². The van der Waals surface area contributed by atoms with E-state index in [0.29, 0.717) is 0 Å². The third-order valence-electron chi connectivity index (χ3n) is 4.54. The van der Waals surface area contributed by atoms with Crippen molar-refractivity contribution >= 4 is 39.2 Å². The molecule has 0 atom stereocenters. The summed E-state index contributed by atoms with van der Waals surface area (Å²) in [4.78, 5) is 25.2. The van der Waals surface area contributed by atoms with Crippen LogP contribution in [0.15, 0.2) is 11.4 Å². The van der Waals surface area contributed by atoms with Crippen molar-refractivity contribution in [1.29, 1.82) is 5.26 Å². The Morgan fingerprint density at radius 1 is 1.42 bits per heavy atom. The van der Waals surface area contributed by atoms with Gasteiger partial charge in [0.25, 0.3) is 0 Å². The molecule has 0 saturated carbocycles. The molecule has 24 heavy (non-hydrogen) atoms. The summed E-state index contributed by atoms with van der Waals surface area (Å²) in [6, 6.07) is 2.16. The second-order valence-electron chi connectivity index (χ2n) is 6.48. The normalized spacial score (nSPS) is 14.2. The zero-order chi connectivity index (χ0) is 17.3. The van der Waals surface area contributed by atoms with Crippen molar-refractivity contribution in [2.24, 2.45) is 0 Å². The molecule has 0 saturated heterocycles. The maximum Gasteiger partial charge on any atom is 0.233 e. The van der Waals surface area contributed by atoms with Gasteiger partial charge in [0.2, 0.25) is 5.91 Å². The fourth-order valence-corrected chi connectivity index (χ4v) is 5.02. The van der Waals surface area contributed by atoms with E-state index in [1.165, 1.54) is 39.9 Å². The minimum Gasteiger partial charge on any atom is -0.327 e. The standard InChI is InChI=1S/C17H20N4OS2/c1-17(2,9-18)21(3)13(22)8-23-15-14-11-6-4-5-7-12(11)24-16(14)20-10-19-15/h10H,4-8H2,1-3H3. The predicted octanol–water partition coefficient (Wildman–Crippen LogP) is 3.42. The molecular weight excluding hydrogens is 340 g/mol. The number of nitriles is 1. The van der Waals surface area contributed by atoms with Gasteiger partial charge in [-0.3, -0.25) is 4.79 Å². The SMILES string of the molecule is CN(C(=O)CSc1ncnc2sc3c(c12)CCCC3)C(C)(C)C#N. The van der Waals surface area contributed by atoms with Gasteiger partial charge in [-0.1, -0.05) is 11.8 Å². The van der Waals surface area contributed by atoms with Gasteiger partial charge in [-0.25, -0.2) is 9.97 Å². The summed E-state index contributed by atoms with van der Waals surface area (Å²) in [5, 5.41) is 11.2. The fourth-order valence-electron chi connectivity index (χ4n) is 2.78. The zero-order valence-corrected chi connectivity index (χ0v) is 15.8. The van der Waals surface area contributed by atoms with Gasteiger partial charge in [0, 0.05) is 17.3 Å². The maximum atomic E-state index is 12.4. The highest BCUT2D eigenvalue weighted by molar-refractivity contribution is 8.00. The van der Waals surface area contributed by atoms with Gasteiger partial charge < -0.3 is 4.90 Å². The highest BCUT2D eigenvalue weighted by Crippen LogP contribution is 2.39. The highest BCUT2D eigenvalue weighted by Gasteiger charge is 2.27. The van der Waals surface area contributed by atoms with Crippen LogP contribution in [-0.4, -0.2) is 39.1 Å². The first kappa shape index (κ1) is 17.2. The highest BCUT2D eigenvalue weighted by atomic mass is 32.2. The summed E-state index contributed by atoms with van der Waals surface area (Å²) >= 11 is 3.20. The number of aromatic nitrogens is 2. The summed E-state index contributed by atoms with van der Waals surface area (Å²) in [5.74, 6) is 0.209. The Morgan fingerprint density at radius 2 is 2.17 bits per heavy atom. The molecule has 3 rings (SSSR count). The molecule has 7 heteroatoms. The molecule has 2 heterocycles. The van der Waals surface area contributed by atoms with Crippen LogP contribution in [0.25, 0.3) is 10.2 Å². The largest absolute Gasteiger partial charge is 0.327 e. The molecule has 1 aliphatic carbocycles. The lowest BCUT2D eigenvalue weighted by Gasteiger charge is -2.29. The Balaban J connectivity index is 1.82. The van der Waals surface area contributed by atoms with E-state index in [-0.39, 0.29) is 11.7 Å². The van der Waals surface area contributed by atoms with Gasteiger partial charge in [0.05, 0.1) is 11.8 Å². The van der Waals surface area contributed by atoms with Gasteiger partial charge in [0.1, 0.15) is 21.7 Å². The van der Waals surface area contributed by atoms with Crippen molar-refractivity contribution < 1.29 is 4.79 Å². The number of nitrogens with zero attached hydrogens (tertiary/aromatic N) is 4. The Hall–Kier alpha value is -1.65. The molecule has 0 bridgehead atoms. The first-order valence-electron chi connectivity index (χ1n) is 8.00. The molecule has 5 nitrogen and oxygen atoms in total.